The first-order valence-electron chi connectivity index (χ1n) is 9.79. The summed E-state index contributed by atoms with van der Waals surface area (Å²) < 4.78 is 5.85. The van der Waals surface area contributed by atoms with Gasteiger partial charge in [-0.1, -0.05) is 0 Å². The van der Waals surface area contributed by atoms with Crippen LogP contribution >= 0.6 is 0 Å². The number of aryl methyl sites for hydroxylation is 1. The van der Waals surface area contributed by atoms with E-state index in [1.165, 1.54) is 0 Å². The lowest BCUT2D eigenvalue weighted by atomic mass is 9.95. The van der Waals surface area contributed by atoms with Crippen LogP contribution in [0.3, 0.4) is 0 Å². The summed E-state index contributed by atoms with van der Waals surface area (Å²) in [4.78, 5) is 23.0. The molecule has 0 bridgehead atoms. The number of amides is 1. The Morgan fingerprint density at radius 2 is 1.76 bits per heavy atom. The van der Waals surface area contributed by atoms with Crippen molar-refractivity contribution in [3.63, 3.8) is 0 Å². The number of fused-ring (bicyclic) bond motifs is 1. The number of nitrogens with two attached hydrogens (primary N) is 2. The number of hydrogen-bond acceptors (Lipinski definition) is 6. The van der Waals surface area contributed by atoms with E-state index in [1.54, 1.807) is 4.90 Å². The third kappa shape index (κ3) is 3.94. The van der Waals surface area contributed by atoms with Crippen molar-refractivity contribution in [2.45, 2.75) is 27.7 Å². The Kier molecular flexibility index (Phi) is 5.87. The SMILES string of the molecule is CCOc1ccc(C(=O)N(CC)CC)cc1-c1cc2nc(N)nc(N)c2cc1C. The van der Waals surface area contributed by atoms with Gasteiger partial charge in [-0.15, -0.1) is 0 Å². The van der Waals surface area contributed by atoms with Crippen LogP contribution in [-0.4, -0.2) is 40.5 Å². The molecular formula is C22H27N5O2. The molecule has 0 aliphatic heterocycles. The second kappa shape index (κ2) is 8.34. The van der Waals surface area contributed by atoms with E-state index in [9.17, 15) is 4.79 Å². The van der Waals surface area contributed by atoms with Crippen molar-refractivity contribution in [2.75, 3.05) is 31.2 Å². The monoisotopic (exact) mass is 393 g/mol. The molecule has 3 aromatic rings. The molecule has 7 nitrogen and oxygen atoms in total. The Bertz CT molecular complexity index is 1060. The molecule has 4 N–H and O–H groups in total. The Hall–Kier alpha value is -3.35. The molecule has 0 aliphatic carbocycles. The Balaban J connectivity index is 2.21. The summed E-state index contributed by atoms with van der Waals surface area (Å²) in [5.41, 5.74) is 15.8. The zero-order valence-corrected chi connectivity index (χ0v) is 17.3. The van der Waals surface area contributed by atoms with Crippen LogP contribution < -0.4 is 16.2 Å². The van der Waals surface area contributed by atoms with E-state index < -0.39 is 0 Å². The predicted octanol–water partition coefficient (Wildman–Crippen LogP) is 3.65. The molecule has 0 atom stereocenters. The summed E-state index contributed by atoms with van der Waals surface area (Å²) in [6, 6.07) is 9.40. The minimum atomic E-state index is -0.00597. The first-order valence-corrected chi connectivity index (χ1v) is 9.79. The fourth-order valence-electron chi connectivity index (χ4n) is 3.46. The molecule has 1 amide bonds. The second-order valence-electron chi connectivity index (χ2n) is 6.77. The molecule has 0 aliphatic rings. The Morgan fingerprint density at radius 1 is 1.03 bits per heavy atom. The van der Waals surface area contributed by atoms with Crippen molar-refractivity contribution in [2.24, 2.45) is 0 Å². The topological polar surface area (TPSA) is 107 Å². The first-order chi connectivity index (χ1) is 13.9. The van der Waals surface area contributed by atoms with Gasteiger partial charge in [0.1, 0.15) is 11.6 Å². The molecule has 2 aromatic carbocycles. The summed E-state index contributed by atoms with van der Waals surface area (Å²) >= 11 is 0. The highest BCUT2D eigenvalue weighted by atomic mass is 16.5. The summed E-state index contributed by atoms with van der Waals surface area (Å²) in [7, 11) is 0. The van der Waals surface area contributed by atoms with Crippen LogP contribution in [0.1, 0.15) is 36.7 Å². The highest BCUT2D eigenvalue weighted by Gasteiger charge is 2.18. The zero-order chi connectivity index (χ0) is 21.1. The van der Waals surface area contributed by atoms with Crippen molar-refractivity contribution in [1.82, 2.24) is 14.9 Å². The number of benzene rings is 2. The number of ether oxygens (including phenoxy) is 1. The first kappa shape index (κ1) is 20.4. The normalized spacial score (nSPS) is 10.9. The van der Waals surface area contributed by atoms with Gasteiger partial charge in [0.05, 0.1) is 12.1 Å². The molecule has 0 radical (unpaired) electrons. The number of carbonyl (C=O) groups excluding carboxylic acids is 1. The van der Waals surface area contributed by atoms with Gasteiger partial charge in [-0.05, 0) is 69.2 Å². The lowest BCUT2D eigenvalue weighted by Gasteiger charge is -2.20. The van der Waals surface area contributed by atoms with Gasteiger partial charge in [-0.25, -0.2) is 4.98 Å². The Morgan fingerprint density at radius 3 is 2.41 bits per heavy atom. The van der Waals surface area contributed by atoms with Gasteiger partial charge >= 0.3 is 0 Å². The maximum Gasteiger partial charge on any atom is 0.253 e. The average molecular weight is 393 g/mol. The van der Waals surface area contributed by atoms with Gasteiger partial charge < -0.3 is 21.1 Å². The van der Waals surface area contributed by atoms with Crippen molar-refractivity contribution in [3.8, 4) is 16.9 Å². The van der Waals surface area contributed by atoms with Crippen LogP contribution in [0, 0.1) is 6.92 Å². The molecule has 3 rings (SSSR count). The molecular weight excluding hydrogens is 366 g/mol. The highest BCUT2D eigenvalue weighted by molar-refractivity contribution is 5.98. The summed E-state index contributed by atoms with van der Waals surface area (Å²) in [6.07, 6.45) is 0. The van der Waals surface area contributed by atoms with E-state index in [2.05, 4.69) is 9.97 Å². The highest BCUT2D eigenvalue weighted by Crippen LogP contribution is 2.36. The molecule has 0 unspecified atom stereocenters. The maximum absolute atomic E-state index is 12.9. The number of carbonyl (C=O) groups is 1. The molecule has 0 saturated carbocycles. The fourth-order valence-corrected chi connectivity index (χ4v) is 3.46. The van der Waals surface area contributed by atoms with Crippen molar-refractivity contribution in [3.05, 3.63) is 41.5 Å². The molecule has 7 heteroatoms. The smallest absolute Gasteiger partial charge is 0.253 e. The van der Waals surface area contributed by atoms with Crippen LogP contribution in [0.2, 0.25) is 0 Å². The van der Waals surface area contributed by atoms with E-state index in [0.717, 1.165) is 22.1 Å². The third-order valence-electron chi connectivity index (χ3n) is 4.96. The minimum Gasteiger partial charge on any atom is -0.493 e. The standard InChI is InChI=1S/C22H27N5O2/c1-5-27(6-2)21(28)14-8-9-19(29-7-3)16(11-14)15-12-18-17(10-13(15)4)20(23)26-22(24)25-18/h8-12H,5-7H2,1-4H3,(H4,23,24,25,26). The van der Waals surface area contributed by atoms with Crippen molar-refractivity contribution >= 4 is 28.6 Å². The summed E-state index contributed by atoms with van der Waals surface area (Å²) in [6.45, 7) is 9.69. The van der Waals surface area contributed by atoms with Gasteiger partial charge in [-0.2, -0.15) is 4.98 Å². The lowest BCUT2D eigenvalue weighted by Crippen LogP contribution is -2.30. The molecule has 0 saturated heterocycles. The van der Waals surface area contributed by atoms with Crippen LogP contribution in [0.5, 0.6) is 5.75 Å². The van der Waals surface area contributed by atoms with Crippen molar-refractivity contribution in [1.29, 1.82) is 0 Å². The third-order valence-corrected chi connectivity index (χ3v) is 4.96. The van der Waals surface area contributed by atoms with Crippen LogP contribution in [0.25, 0.3) is 22.0 Å². The van der Waals surface area contributed by atoms with Gasteiger partial charge in [0.15, 0.2) is 0 Å². The predicted molar refractivity (Wildman–Crippen MR) is 117 cm³/mol. The van der Waals surface area contributed by atoms with E-state index in [4.69, 9.17) is 16.2 Å². The number of aromatic nitrogens is 2. The molecule has 152 valence electrons. The maximum atomic E-state index is 12.9. The second-order valence-corrected chi connectivity index (χ2v) is 6.77. The number of rotatable bonds is 6. The van der Waals surface area contributed by atoms with E-state index in [1.807, 2.05) is 58.0 Å². The largest absolute Gasteiger partial charge is 0.493 e. The van der Waals surface area contributed by atoms with E-state index in [0.29, 0.717) is 42.3 Å². The van der Waals surface area contributed by atoms with E-state index in [-0.39, 0.29) is 11.9 Å². The summed E-state index contributed by atoms with van der Waals surface area (Å²) in [5.74, 6) is 1.17. The van der Waals surface area contributed by atoms with Crippen LogP contribution in [0.4, 0.5) is 11.8 Å². The lowest BCUT2D eigenvalue weighted by molar-refractivity contribution is 0.0773. The van der Waals surface area contributed by atoms with Gasteiger partial charge in [0.2, 0.25) is 5.95 Å². The number of hydrogen-bond donors (Lipinski definition) is 2. The minimum absolute atomic E-state index is 0.00597. The summed E-state index contributed by atoms with van der Waals surface area (Å²) in [5, 5.41) is 0.744. The Labute approximate surface area is 170 Å². The van der Waals surface area contributed by atoms with Crippen molar-refractivity contribution < 1.29 is 9.53 Å². The van der Waals surface area contributed by atoms with Gasteiger partial charge in [0, 0.05) is 29.6 Å². The van der Waals surface area contributed by atoms with Gasteiger partial charge in [-0.3, -0.25) is 4.79 Å². The average Bonchev–Trinajstić information content (AvgIpc) is 2.69. The number of nitrogens with zero attached hydrogens (tertiary/aromatic N) is 3. The number of nitrogen functional groups attached to an aromatic ring is 2. The van der Waals surface area contributed by atoms with E-state index >= 15 is 0 Å². The molecule has 1 heterocycles. The quantitative estimate of drug-likeness (QED) is 0.662. The van der Waals surface area contributed by atoms with Crippen LogP contribution in [-0.2, 0) is 0 Å². The van der Waals surface area contributed by atoms with Crippen LogP contribution in [0.15, 0.2) is 30.3 Å². The molecule has 29 heavy (non-hydrogen) atoms. The van der Waals surface area contributed by atoms with Gasteiger partial charge in [0.25, 0.3) is 5.91 Å². The molecule has 1 aromatic heterocycles. The number of anilines is 2. The molecule has 0 spiro atoms. The fraction of sp³-hybridized carbons (Fsp3) is 0.318. The molecule has 0 fully saturated rings. The zero-order valence-electron chi connectivity index (χ0n) is 17.3.